The second-order valence-electron chi connectivity index (χ2n) is 6.70. The standard InChI is InChI=1S/C25H19Cl2NO4/c1-2-31-23-13-17(11-19(14-28)20-5-3-4-6-21(20)26)12-22(27)24(23)32-15-16-7-9-18(10-8-16)25(29)30/h3-13H,2,15H2,1H3,(H,29,30). The Balaban J connectivity index is 1.90. The lowest BCUT2D eigenvalue weighted by Gasteiger charge is -2.15. The van der Waals surface area contributed by atoms with Crippen molar-refractivity contribution in [3.8, 4) is 17.6 Å². The van der Waals surface area contributed by atoms with Crippen LogP contribution in [0.25, 0.3) is 11.6 Å². The summed E-state index contributed by atoms with van der Waals surface area (Å²) in [5.74, 6) is -0.189. The fraction of sp³-hybridized carbons (Fsp3) is 0.120. The van der Waals surface area contributed by atoms with Crippen LogP contribution in [-0.4, -0.2) is 17.7 Å². The van der Waals surface area contributed by atoms with Crippen molar-refractivity contribution >= 4 is 40.8 Å². The maximum Gasteiger partial charge on any atom is 0.335 e. The molecule has 0 atom stereocenters. The molecule has 0 amide bonds. The molecule has 0 aliphatic rings. The predicted molar refractivity (Wildman–Crippen MR) is 125 cm³/mol. The van der Waals surface area contributed by atoms with Crippen molar-refractivity contribution in [2.45, 2.75) is 13.5 Å². The van der Waals surface area contributed by atoms with Crippen molar-refractivity contribution < 1.29 is 19.4 Å². The molecular weight excluding hydrogens is 449 g/mol. The fourth-order valence-corrected chi connectivity index (χ4v) is 3.50. The van der Waals surface area contributed by atoms with Gasteiger partial charge in [0.05, 0.1) is 28.8 Å². The van der Waals surface area contributed by atoms with Crippen LogP contribution in [0.4, 0.5) is 0 Å². The zero-order valence-corrected chi connectivity index (χ0v) is 18.7. The highest BCUT2D eigenvalue weighted by Gasteiger charge is 2.14. The van der Waals surface area contributed by atoms with E-state index >= 15 is 0 Å². The van der Waals surface area contributed by atoms with E-state index in [-0.39, 0.29) is 12.2 Å². The SMILES string of the molecule is CCOc1cc(C=C(C#N)c2ccccc2Cl)cc(Cl)c1OCc1ccc(C(=O)O)cc1. The molecule has 0 aliphatic carbocycles. The van der Waals surface area contributed by atoms with E-state index in [0.717, 1.165) is 5.56 Å². The van der Waals surface area contributed by atoms with Crippen LogP contribution < -0.4 is 9.47 Å². The summed E-state index contributed by atoms with van der Waals surface area (Å²) in [7, 11) is 0. The summed E-state index contributed by atoms with van der Waals surface area (Å²) in [6.07, 6.45) is 1.68. The summed E-state index contributed by atoms with van der Waals surface area (Å²) in [4.78, 5) is 11.0. The maximum atomic E-state index is 11.0. The number of rotatable bonds is 8. The second kappa shape index (κ2) is 10.7. The molecule has 0 spiro atoms. The van der Waals surface area contributed by atoms with E-state index in [1.165, 1.54) is 12.1 Å². The lowest BCUT2D eigenvalue weighted by molar-refractivity contribution is 0.0697. The van der Waals surface area contributed by atoms with E-state index in [0.29, 0.717) is 44.9 Å². The van der Waals surface area contributed by atoms with Gasteiger partial charge >= 0.3 is 5.97 Å². The first-order chi connectivity index (χ1) is 15.4. The molecular formula is C25H19Cl2NO4. The highest BCUT2D eigenvalue weighted by Crippen LogP contribution is 2.38. The largest absolute Gasteiger partial charge is 0.490 e. The Morgan fingerprint density at radius 2 is 1.78 bits per heavy atom. The summed E-state index contributed by atoms with van der Waals surface area (Å²) in [6, 6.07) is 19.1. The van der Waals surface area contributed by atoms with E-state index < -0.39 is 5.97 Å². The molecule has 32 heavy (non-hydrogen) atoms. The predicted octanol–water partition coefficient (Wildman–Crippen LogP) is 6.73. The topological polar surface area (TPSA) is 79.5 Å². The van der Waals surface area contributed by atoms with Crippen LogP contribution in [0.15, 0.2) is 60.7 Å². The number of aromatic carboxylic acids is 1. The summed E-state index contributed by atoms with van der Waals surface area (Å²) >= 11 is 12.7. The second-order valence-corrected chi connectivity index (χ2v) is 7.52. The highest BCUT2D eigenvalue weighted by molar-refractivity contribution is 6.33. The van der Waals surface area contributed by atoms with Gasteiger partial charge in [0.15, 0.2) is 11.5 Å². The number of carboxylic acid groups (broad SMARTS) is 1. The Morgan fingerprint density at radius 3 is 2.41 bits per heavy atom. The summed E-state index contributed by atoms with van der Waals surface area (Å²) < 4.78 is 11.6. The van der Waals surface area contributed by atoms with E-state index in [1.54, 1.807) is 48.5 Å². The molecule has 5 nitrogen and oxygen atoms in total. The van der Waals surface area contributed by atoms with Gasteiger partial charge in [-0.05, 0) is 54.5 Å². The number of hydrogen-bond acceptors (Lipinski definition) is 4. The van der Waals surface area contributed by atoms with Crippen LogP contribution in [0.1, 0.15) is 34.0 Å². The molecule has 7 heteroatoms. The van der Waals surface area contributed by atoms with E-state index in [1.807, 2.05) is 13.0 Å². The minimum absolute atomic E-state index is 0.179. The van der Waals surface area contributed by atoms with Crippen molar-refractivity contribution in [1.82, 2.24) is 0 Å². The molecule has 3 aromatic carbocycles. The van der Waals surface area contributed by atoms with Gasteiger partial charge in [0.2, 0.25) is 0 Å². The Bertz CT molecular complexity index is 1200. The van der Waals surface area contributed by atoms with Gasteiger partial charge in [-0.15, -0.1) is 0 Å². The lowest BCUT2D eigenvalue weighted by Crippen LogP contribution is -2.02. The molecule has 0 aliphatic heterocycles. The number of carbonyl (C=O) groups is 1. The molecule has 0 fully saturated rings. The van der Waals surface area contributed by atoms with Crippen LogP contribution in [0.2, 0.25) is 10.0 Å². The van der Waals surface area contributed by atoms with Crippen LogP contribution in [-0.2, 0) is 6.61 Å². The maximum absolute atomic E-state index is 11.0. The first-order valence-electron chi connectivity index (χ1n) is 9.71. The number of nitriles is 1. The van der Waals surface area contributed by atoms with Crippen molar-refractivity contribution in [1.29, 1.82) is 5.26 Å². The average molecular weight is 468 g/mol. The molecule has 3 aromatic rings. The van der Waals surface area contributed by atoms with Crippen LogP contribution in [0, 0.1) is 11.3 Å². The number of allylic oxidation sites excluding steroid dienone is 1. The monoisotopic (exact) mass is 467 g/mol. The van der Waals surface area contributed by atoms with Crippen molar-refractivity contribution in [3.05, 3.63) is 93.0 Å². The lowest BCUT2D eigenvalue weighted by atomic mass is 10.0. The molecule has 162 valence electrons. The Kier molecular flexibility index (Phi) is 7.77. The van der Waals surface area contributed by atoms with Gasteiger partial charge in [0.1, 0.15) is 6.61 Å². The molecule has 0 saturated heterocycles. The molecule has 3 rings (SSSR count). The molecule has 0 aromatic heterocycles. The average Bonchev–Trinajstić information content (AvgIpc) is 2.78. The van der Waals surface area contributed by atoms with E-state index in [9.17, 15) is 10.1 Å². The molecule has 0 radical (unpaired) electrons. The minimum Gasteiger partial charge on any atom is -0.490 e. The number of benzene rings is 3. The number of halogens is 2. The first kappa shape index (κ1) is 23.2. The zero-order chi connectivity index (χ0) is 23.1. The Hall–Kier alpha value is -3.46. The third-order valence-electron chi connectivity index (χ3n) is 4.51. The van der Waals surface area contributed by atoms with Gasteiger partial charge in [0, 0.05) is 10.6 Å². The van der Waals surface area contributed by atoms with Crippen molar-refractivity contribution in [3.63, 3.8) is 0 Å². The van der Waals surface area contributed by atoms with Crippen molar-refractivity contribution in [2.75, 3.05) is 6.61 Å². The van der Waals surface area contributed by atoms with E-state index in [4.69, 9.17) is 37.8 Å². The number of carboxylic acids is 1. The van der Waals surface area contributed by atoms with Gasteiger partial charge in [-0.3, -0.25) is 0 Å². The third kappa shape index (κ3) is 5.61. The summed E-state index contributed by atoms with van der Waals surface area (Å²) in [5.41, 5.74) is 2.65. The number of hydrogen-bond donors (Lipinski definition) is 1. The van der Waals surface area contributed by atoms with Gasteiger partial charge in [-0.1, -0.05) is 53.5 Å². The smallest absolute Gasteiger partial charge is 0.335 e. The molecule has 0 unspecified atom stereocenters. The summed E-state index contributed by atoms with van der Waals surface area (Å²) in [5, 5.41) is 19.4. The highest BCUT2D eigenvalue weighted by atomic mass is 35.5. The van der Waals surface area contributed by atoms with Crippen LogP contribution in [0.5, 0.6) is 11.5 Å². The Morgan fingerprint density at radius 1 is 1.06 bits per heavy atom. The van der Waals surface area contributed by atoms with Gasteiger partial charge < -0.3 is 14.6 Å². The summed E-state index contributed by atoms with van der Waals surface area (Å²) in [6.45, 7) is 2.41. The quantitative estimate of drug-likeness (QED) is 0.293. The zero-order valence-electron chi connectivity index (χ0n) is 17.1. The molecule has 0 bridgehead atoms. The van der Waals surface area contributed by atoms with Crippen molar-refractivity contribution in [2.24, 2.45) is 0 Å². The number of ether oxygens (including phenoxy) is 2. The normalized spacial score (nSPS) is 11.0. The molecule has 0 saturated carbocycles. The fourth-order valence-electron chi connectivity index (χ4n) is 2.99. The number of nitrogens with zero attached hydrogens (tertiary/aromatic N) is 1. The van der Waals surface area contributed by atoms with Gasteiger partial charge in [-0.25, -0.2) is 4.79 Å². The molecule has 1 N–H and O–H groups in total. The van der Waals surface area contributed by atoms with Gasteiger partial charge in [-0.2, -0.15) is 5.26 Å². The minimum atomic E-state index is -0.990. The van der Waals surface area contributed by atoms with E-state index in [2.05, 4.69) is 6.07 Å². The third-order valence-corrected chi connectivity index (χ3v) is 5.12. The van der Waals surface area contributed by atoms with Crippen LogP contribution in [0.3, 0.4) is 0 Å². The molecule has 0 heterocycles. The Labute approximate surface area is 196 Å². The van der Waals surface area contributed by atoms with Crippen LogP contribution >= 0.6 is 23.2 Å². The van der Waals surface area contributed by atoms with Gasteiger partial charge in [0.25, 0.3) is 0 Å². The first-order valence-corrected chi connectivity index (χ1v) is 10.5.